The van der Waals surface area contributed by atoms with Gasteiger partial charge >= 0.3 is 5.69 Å². The molecule has 6 nitrogen and oxygen atoms in total. The van der Waals surface area contributed by atoms with E-state index in [2.05, 4.69) is 16.9 Å². The van der Waals surface area contributed by atoms with Crippen molar-refractivity contribution < 1.29 is 0 Å². The highest BCUT2D eigenvalue weighted by Gasteiger charge is 2.09. The number of aromatic amines is 1. The molecule has 0 bridgehead atoms. The summed E-state index contributed by atoms with van der Waals surface area (Å²) in [6.45, 7) is 2.84. The van der Waals surface area contributed by atoms with Crippen LogP contribution in [0.25, 0.3) is 11.2 Å². The second-order valence-electron chi connectivity index (χ2n) is 3.78. The molecule has 16 heavy (non-hydrogen) atoms. The van der Waals surface area contributed by atoms with Crippen LogP contribution in [0.15, 0.2) is 15.9 Å². The lowest BCUT2D eigenvalue weighted by atomic mass is 10.3. The first-order valence-corrected chi connectivity index (χ1v) is 5.29. The molecular formula is C10H14N4O2. The molecule has 1 N–H and O–H groups in total. The zero-order valence-corrected chi connectivity index (χ0v) is 9.36. The summed E-state index contributed by atoms with van der Waals surface area (Å²) in [6, 6.07) is 0. The summed E-state index contributed by atoms with van der Waals surface area (Å²) in [5.41, 5.74) is 0.0736. The van der Waals surface area contributed by atoms with E-state index >= 15 is 0 Å². The van der Waals surface area contributed by atoms with E-state index in [1.165, 1.54) is 7.05 Å². The maximum absolute atomic E-state index is 11.7. The van der Waals surface area contributed by atoms with Crippen LogP contribution in [0.3, 0.4) is 0 Å². The molecule has 0 saturated carbocycles. The van der Waals surface area contributed by atoms with Crippen molar-refractivity contribution in [3.63, 3.8) is 0 Å². The van der Waals surface area contributed by atoms with Crippen molar-refractivity contribution in [2.24, 2.45) is 7.05 Å². The number of H-pyrrole nitrogens is 1. The third-order valence-electron chi connectivity index (χ3n) is 2.63. The van der Waals surface area contributed by atoms with Gasteiger partial charge in [-0.15, -0.1) is 0 Å². The van der Waals surface area contributed by atoms with Crippen molar-refractivity contribution >= 4 is 11.2 Å². The lowest BCUT2D eigenvalue weighted by Crippen LogP contribution is -2.32. The van der Waals surface area contributed by atoms with Crippen LogP contribution in [0.5, 0.6) is 0 Å². The summed E-state index contributed by atoms with van der Waals surface area (Å²) in [4.78, 5) is 29.8. The maximum Gasteiger partial charge on any atom is 0.329 e. The molecule has 0 atom stereocenters. The van der Waals surface area contributed by atoms with Crippen molar-refractivity contribution in [3.05, 3.63) is 27.2 Å². The smallest absolute Gasteiger partial charge is 0.317 e. The van der Waals surface area contributed by atoms with Crippen molar-refractivity contribution in [3.8, 4) is 0 Å². The van der Waals surface area contributed by atoms with Gasteiger partial charge in [-0.1, -0.05) is 13.3 Å². The summed E-state index contributed by atoms with van der Waals surface area (Å²) in [5.74, 6) is 0. The first-order valence-electron chi connectivity index (χ1n) is 5.29. The second kappa shape index (κ2) is 3.96. The van der Waals surface area contributed by atoms with E-state index in [4.69, 9.17) is 0 Å². The third kappa shape index (κ3) is 1.56. The van der Waals surface area contributed by atoms with Crippen LogP contribution in [-0.2, 0) is 13.6 Å². The summed E-state index contributed by atoms with van der Waals surface area (Å²) >= 11 is 0. The normalized spacial score (nSPS) is 11.1. The molecule has 0 amide bonds. The van der Waals surface area contributed by atoms with Crippen molar-refractivity contribution in [2.75, 3.05) is 0 Å². The SMILES string of the molecule is CCCCn1cnc2c(=O)n(C)c(=O)[nH]c21. The number of rotatable bonds is 3. The van der Waals surface area contributed by atoms with Gasteiger partial charge in [0.05, 0.1) is 6.33 Å². The lowest BCUT2D eigenvalue weighted by molar-refractivity contribution is 0.639. The van der Waals surface area contributed by atoms with Crippen LogP contribution >= 0.6 is 0 Å². The summed E-state index contributed by atoms with van der Waals surface area (Å²) in [6.07, 6.45) is 3.63. The molecule has 86 valence electrons. The Labute approximate surface area is 91.5 Å². The zero-order valence-electron chi connectivity index (χ0n) is 9.36. The minimum absolute atomic E-state index is 0.318. The molecule has 0 aliphatic carbocycles. The van der Waals surface area contributed by atoms with Crippen LogP contribution in [-0.4, -0.2) is 19.1 Å². The Kier molecular flexibility index (Phi) is 2.64. The summed E-state index contributed by atoms with van der Waals surface area (Å²) < 4.78 is 2.83. The molecule has 0 radical (unpaired) electrons. The maximum atomic E-state index is 11.7. The molecule has 0 aromatic carbocycles. The van der Waals surface area contributed by atoms with E-state index in [1.807, 2.05) is 4.57 Å². The molecule has 2 aromatic rings. The van der Waals surface area contributed by atoms with E-state index in [0.29, 0.717) is 11.2 Å². The highest BCUT2D eigenvalue weighted by molar-refractivity contribution is 5.68. The second-order valence-corrected chi connectivity index (χ2v) is 3.78. The fourth-order valence-corrected chi connectivity index (χ4v) is 1.60. The highest BCUT2D eigenvalue weighted by atomic mass is 16.2. The molecule has 6 heteroatoms. The Balaban J connectivity index is 2.65. The number of nitrogens with zero attached hydrogens (tertiary/aromatic N) is 3. The monoisotopic (exact) mass is 222 g/mol. The van der Waals surface area contributed by atoms with E-state index in [9.17, 15) is 9.59 Å². The van der Waals surface area contributed by atoms with Crippen LogP contribution in [0.4, 0.5) is 0 Å². The van der Waals surface area contributed by atoms with E-state index < -0.39 is 5.69 Å². The van der Waals surface area contributed by atoms with Gasteiger partial charge in [0.25, 0.3) is 5.56 Å². The molecule has 0 aliphatic rings. The van der Waals surface area contributed by atoms with Gasteiger partial charge in [-0.25, -0.2) is 9.78 Å². The average molecular weight is 222 g/mol. The molecule has 2 rings (SSSR count). The number of aromatic nitrogens is 4. The van der Waals surface area contributed by atoms with Gasteiger partial charge in [0.2, 0.25) is 0 Å². The van der Waals surface area contributed by atoms with Gasteiger partial charge in [-0.3, -0.25) is 14.3 Å². The van der Waals surface area contributed by atoms with E-state index in [1.54, 1.807) is 6.33 Å². The predicted molar refractivity (Wildman–Crippen MR) is 60.5 cm³/mol. The number of hydrogen-bond acceptors (Lipinski definition) is 3. The Morgan fingerprint density at radius 1 is 1.44 bits per heavy atom. The lowest BCUT2D eigenvalue weighted by Gasteiger charge is -2.02. The van der Waals surface area contributed by atoms with Gasteiger partial charge in [0, 0.05) is 13.6 Å². The van der Waals surface area contributed by atoms with Gasteiger partial charge in [0.15, 0.2) is 5.52 Å². The Hall–Kier alpha value is -1.85. The standard InChI is InChI=1S/C10H14N4O2/c1-3-4-5-14-6-11-7-8(14)12-10(16)13(2)9(7)15/h6H,3-5H2,1-2H3,(H,12,16). The van der Waals surface area contributed by atoms with Gasteiger partial charge in [-0.05, 0) is 6.42 Å². The Morgan fingerprint density at radius 2 is 2.19 bits per heavy atom. The molecule has 0 aliphatic heterocycles. The molecule has 0 fully saturated rings. The third-order valence-corrected chi connectivity index (χ3v) is 2.63. The topological polar surface area (TPSA) is 72.7 Å². The minimum Gasteiger partial charge on any atom is -0.317 e. The summed E-state index contributed by atoms with van der Waals surface area (Å²) in [5, 5.41) is 0. The zero-order chi connectivity index (χ0) is 11.7. The number of fused-ring (bicyclic) bond motifs is 1. The van der Waals surface area contributed by atoms with Crippen molar-refractivity contribution in [1.29, 1.82) is 0 Å². The van der Waals surface area contributed by atoms with E-state index in [-0.39, 0.29) is 5.56 Å². The van der Waals surface area contributed by atoms with E-state index in [0.717, 1.165) is 24.0 Å². The molecule has 0 unspecified atom stereocenters. The van der Waals surface area contributed by atoms with Crippen molar-refractivity contribution in [1.82, 2.24) is 19.1 Å². The fraction of sp³-hybridized carbons (Fsp3) is 0.500. The largest absolute Gasteiger partial charge is 0.329 e. The van der Waals surface area contributed by atoms with Crippen molar-refractivity contribution in [2.45, 2.75) is 26.3 Å². The number of imidazole rings is 1. The van der Waals surface area contributed by atoms with Crippen LogP contribution in [0.1, 0.15) is 19.8 Å². The summed E-state index contributed by atoms with van der Waals surface area (Å²) in [7, 11) is 1.44. The Morgan fingerprint density at radius 3 is 2.88 bits per heavy atom. The fourth-order valence-electron chi connectivity index (χ4n) is 1.60. The van der Waals surface area contributed by atoms with Gasteiger partial charge < -0.3 is 4.57 Å². The van der Waals surface area contributed by atoms with Crippen LogP contribution in [0.2, 0.25) is 0 Å². The predicted octanol–water partition coefficient (Wildman–Crippen LogP) is 0.223. The quantitative estimate of drug-likeness (QED) is 0.807. The molecule has 0 saturated heterocycles. The van der Waals surface area contributed by atoms with Gasteiger partial charge in [0.1, 0.15) is 5.65 Å². The number of nitrogens with one attached hydrogen (secondary N) is 1. The Bertz CT molecular complexity index is 620. The van der Waals surface area contributed by atoms with Gasteiger partial charge in [-0.2, -0.15) is 0 Å². The number of aryl methyl sites for hydroxylation is 1. The highest BCUT2D eigenvalue weighted by Crippen LogP contribution is 2.04. The number of hydrogen-bond donors (Lipinski definition) is 1. The molecular weight excluding hydrogens is 208 g/mol. The number of unbranched alkanes of at least 4 members (excludes halogenated alkanes) is 1. The van der Waals surface area contributed by atoms with Crippen LogP contribution < -0.4 is 11.2 Å². The minimum atomic E-state index is -0.407. The molecule has 2 aromatic heterocycles. The first-order chi connectivity index (χ1) is 7.65. The van der Waals surface area contributed by atoms with Crippen LogP contribution in [0, 0.1) is 0 Å². The molecule has 0 spiro atoms. The average Bonchev–Trinajstić information content (AvgIpc) is 2.66. The first kappa shape index (κ1) is 10.7. The molecule has 2 heterocycles.